The highest BCUT2D eigenvalue weighted by atomic mass is 35.5. The van der Waals surface area contributed by atoms with Crippen LogP contribution in [0.5, 0.6) is 0 Å². The Morgan fingerprint density at radius 1 is 1.56 bits per heavy atom. The molecule has 0 aliphatic carbocycles. The first kappa shape index (κ1) is 11.9. The van der Waals surface area contributed by atoms with Gasteiger partial charge in [-0.1, -0.05) is 11.6 Å². The Labute approximate surface area is 105 Å². The first-order valence-electron chi connectivity index (χ1n) is 5.09. The third kappa shape index (κ3) is 2.24. The van der Waals surface area contributed by atoms with E-state index in [0.29, 0.717) is 11.0 Å². The largest absolute Gasteiger partial charge is 0.380 e. The molecule has 1 aliphatic rings. The van der Waals surface area contributed by atoms with E-state index in [9.17, 15) is 0 Å². The van der Waals surface area contributed by atoms with Gasteiger partial charge in [-0.05, 0) is 6.42 Å². The fraction of sp³-hybridized carbons (Fsp3) is 0.600. The van der Waals surface area contributed by atoms with Crippen LogP contribution in [0, 0.1) is 0 Å². The Hall–Kier alpha value is -0.580. The van der Waals surface area contributed by atoms with Crippen molar-refractivity contribution in [1.29, 1.82) is 0 Å². The summed E-state index contributed by atoms with van der Waals surface area (Å²) in [7, 11) is 1.73. The van der Waals surface area contributed by atoms with E-state index in [0.717, 1.165) is 30.9 Å². The van der Waals surface area contributed by atoms with Crippen molar-refractivity contribution in [2.75, 3.05) is 25.1 Å². The number of hydrogen-bond donors (Lipinski definition) is 0. The van der Waals surface area contributed by atoms with Gasteiger partial charge in [-0.2, -0.15) is 0 Å². The molecule has 16 heavy (non-hydrogen) atoms. The highest BCUT2D eigenvalue weighted by molar-refractivity contribution is 6.31. The maximum Gasteiger partial charge on any atom is 0.138 e. The zero-order valence-corrected chi connectivity index (χ0v) is 10.5. The second kappa shape index (κ2) is 5.17. The Morgan fingerprint density at radius 3 is 3.00 bits per heavy atom. The quantitative estimate of drug-likeness (QED) is 0.617. The SMILES string of the molecule is COC1CCN(c2ncnc(Cl)c2CCl)C1. The summed E-state index contributed by atoms with van der Waals surface area (Å²) in [5.41, 5.74) is 0.794. The fourth-order valence-electron chi connectivity index (χ4n) is 1.88. The van der Waals surface area contributed by atoms with Crippen molar-refractivity contribution >= 4 is 29.0 Å². The molecule has 1 atom stereocenters. The summed E-state index contributed by atoms with van der Waals surface area (Å²) in [6.45, 7) is 1.74. The van der Waals surface area contributed by atoms with Crippen molar-refractivity contribution in [3.05, 3.63) is 17.0 Å². The summed E-state index contributed by atoms with van der Waals surface area (Å²) in [6, 6.07) is 0. The molecule has 1 unspecified atom stereocenters. The molecule has 0 radical (unpaired) electrons. The van der Waals surface area contributed by atoms with Crippen LogP contribution in [0.2, 0.25) is 5.15 Å². The van der Waals surface area contributed by atoms with Crippen molar-refractivity contribution < 1.29 is 4.74 Å². The predicted molar refractivity (Wildman–Crippen MR) is 64.2 cm³/mol. The minimum Gasteiger partial charge on any atom is -0.380 e. The van der Waals surface area contributed by atoms with Crippen LogP contribution in [0.1, 0.15) is 12.0 Å². The van der Waals surface area contributed by atoms with E-state index in [-0.39, 0.29) is 6.10 Å². The maximum absolute atomic E-state index is 5.98. The van der Waals surface area contributed by atoms with Gasteiger partial charge in [0.1, 0.15) is 17.3 Å². The van der Waals surface area contributed by atoms with Gasteiger partial charge in [0.2, 0.25) is 0 Å². The van der Waals surface area contributed by atoms with Crippen LogP contribution in [-0.2, 0) is 10.6 Å². The summed E-state index contributed by atoms with van der Waals surface area (Å²) >= 11 is 11.8. The average molecular weight is 262 g/mol. The number of alkyl halides is 1. The number of anilines is 1. The highest BCUT2D eigenvalue weighted by Crippen LogP contribution is 2.28. The lowest BCUT2D eigenvalue weighted by atomic mass is 10.3. The summed E-state index contributed by atoms with van der Waals surface area (Å²) in [5.74, 6) is 1.15. The number of aromatic nitrogens is 2. The van der Waals surface area contributed by atoms with Gasteiger partial charge in [0.25, 0.3) is 0 Å². The molecule has 0 amide bonds. The summed E-state index contributed by atoms with van der Waals surface area (Å²) in [5, 5.41) is 0.431. The number of nitrogens with zero attached hydrogens (tertiary/aromatic N) is 3. The molecule has 1 saturated heterocycles. The third-order valence-corrected chi connectivity index (χ3v) is 3.37. The summed E-state index contributed by atoms with van der Waals surface area (Å²) < 4.78 is 5.32. The second-order valence-electron chi connectivity index (χ2n) is 3.69. The van der Waals surface area contributed by atoms with Crippen molar-refractivity contribution in [3.63, 3.8) is 0 Å². The van der Waals surface area contributed by atoms with Crippen molar-refractivity contribution in [3.8, 4) is 0 Å². The molecular formula is C10H13Cl2N3O. The first-order chi connectivity index (χ1) is 7.76. The molecule has 0 saturated carbocycles. The van der Waals surface area contributed by atoms with Gasteiger partial charge in [-0.25, -0.2) is 9.97 Å². The highest BCUT2D eigenvalue weighted by Gasteiger charge is 2.25. The number of methoxy groups -OCH3 is 1. The van der Waals surface area contributed by atoms with E-state index in [1.807, 2.05) is 0 Å². The third-order valence-electron chi connectivity index (χ3n) is 2.78. The maximum atomic E-state index is 5.98. The molecule has 1 aliphatic heterocycles. The van der Waals surface area contributed by atoms with Crippen LogP contribution in [-0.4, -0.2) is 36.3 Å². The van der Waals surface area contributed by atoms with Crippen LogP contribution in [0.25, 0.3) is 0 Å². The number of rotatable bonds is 3. The fourth-order valence-corrected chi connectivity index (χ4v) is 2.39. The molecule has 4 nitrogen and oxygen atoms in total. The van der Waals surface area contributed by atoms with Crippen molar-refractivity contribution in [2.24, 2.45) is 0 Å². The number of halogens is 2. The zero-order valence-electron chi connectivity index (χ0n) is 8.99. The Bertz CT molecular complexity index is 375. The summed E-state index contributed by atoms with van der Waals surface area (Å²) in [4.78, 5) is 10.3. The van der Waals surface area contributed by atoms with E-state index in [1.54, 1.807) is 7.11 Å². The van der Waals surface area contributed by atoms with Crippen LogP contribution in [0.3, 0.4) is 0 Å². The van der Waals surface area contributed by atoms with Crippen LogP contribution in [0.4, 0.5) is 5.82 Å². The molecule has 1 aromatic rings. The Kier molecular flexibility index (Phi) is 3.84. The monoisotopic (exact) mass is 261 g/mol. The zero-order chi connectivity index (χ0) is 11.5. The van der Waals surface area contributed by atoms with Gasteiger partial charge in [-0.15, -0.1) is 11.6 Å². The Morgan fingerprint density at radius 2 is 2.38 bits per heavy atom. The number of hydrogen-bond acceptors (Lipinski definition) is 4. The molecule has 1 aromatic heterocycles. The van der Waals surface area contributed by atoms with Crippen molar-refractivity contribution in [1.82, 2.24) is 9.97 Å². The molecule has 6 heteroatoms. The molecule has 88 valence electrons. The van der Waals surface area contributed by atoms with E-state index >= 15 is 0 Å². The van der Waals surface area contributed by atoms with E-state index in [4.69, 9.17) is 27.9 Å². The molecular weight excluding hydrogens is 249 g/mol. The lowest BCUT2D eigenvalue weighted by Crippen LogP contribution is -2.24. The van der Waals surface area contributed by atoms with Crippen molar-refractivity contribution in [2.45, 2.75) is 18.4 Å². The Balaban J connectivity index is 2.24. The van der Waals surface area contributed by atoms with Crippen LogP contribution in [0.15, 0.2) is 6.33 Å². The standard InChI is InChI=1S/C10H13Cl2N3O/c1-16-7-2-3-15(5-7)10-8(4-11)9(12)13-6-14-10/h6-7H,2-5H2,1H3. The molecule has 0 spiro atoms. The lowest BCUT2D eigenvalue weighted by molar-refractivity contribution is 0.121. The van der Waals surface area contributed by atoms with Gasteiger partial charge < -0.3 is 9.64 Å². The van der Waals surface area contributed by atoms with E-state index in [2.05, 4.69) is 14.9 Å². The second-order valence-corrected chi connectivity index (χ2v) is 4.32. The van der Waals surface area contributed by atoms with E-state index in [1.165, 1.54) is 6.33 Å². The molecule has 0 N–H and O–H groups in total. The minimum atomic E-state index is 0.261. The predicted octanol–water partition coefficient (Wildman–Crippen LogP) is 2.09. The van der Waals surface area contributed by atoms with Gasteiger partial charge in [0, 0.05) is 25.8 Å². The van der Waals surface area contributed by atoms with Crippen LogP contribution >= 0.6 is 23.2 Å². The molecule has 2 rings (SSSR count). The number of ether oxygens (including phenoxy) is 1. The average Bonchev–Trinajstić information content (AvgIpc) is 2.77. The van der Waals surface area contributed by atoms with Gasteiger partial charge >= 0.3 is 0 Å². The van der Waals surface area contributed by atoms with Crippen LogP contribution < -0.4 is 4.90 Å². The topological polar surface area (TPSA) is 38.2 Å². The molecule has 0 bridgehead atoms. The van der Waals surface area contributed by atoms with E-state index < -0.39 is 0 Å². The first-order valence-corrected chi connectivity index (χ1v) is 6.00. The molecule has 0 aromatic carbocycles. The molecule has 1 fully saturated rings. The normalized spacial score (nSPS) is 20.4. The minimum absolute atomic E-state index is 0.261. The smallest absolute Gasteiger partial charge is 0.138 e. The van der Waals surface area contributed by atoms with Gasteiger partial charge in [0.05, 0.1) is 12.0 Å². The van der Waals surface area contributed by atoms with Gasteiger partial charge in [-0.3, -0.25) is 0 Å². The van der Waals surface area contributed by atoms with Gasteiger partial charge in [0.15, 0.2) is 0 Å². The lowest BCUT2D eigenvalue weighted by Gasteiger charge is -2.19. The summed E-state index contributed by atoms with van der Waals surface area (Å²) in [6.07, 6.45) is 2.73. The molecule has 2 heterocycles.